The van der Waals surface area contributed by atoms with Crippen molar-refractivity contribution in [1.29, 1.82) is 0 Å². The highest BCUT2D eigenvalue weighted by atomic mass is 16.2. The Hall–Kier alpha value is -3.14. The fourth-order valence-corrected chi connectivity index (χ4v) is 3.18. The number of fused-ring (bicyclic) bond motifs is 2. The predicted molar refractivity (Wildman–Crippen MR) is 96.6 cm³/mol. The third-order valence-corrected chi connectivity index (χ3v) is 4.40. The summed E-state index contributed by atoms with van der Waals surface area (Å²) in [7, 11) is 0. The third-order valence-electron chi connectivity index (χ3n) is 4.40. The average Bonchev–Trinajstić information content (AvgIpc) is 2.59. The largest absolute Gasteiger partial charge is 0.328 e. The van der Waals surface area contributed by atoms with E-state index in [4.69, 9.17) is 0 Å². The number of benzene rings is 3. The van der Waals surface area contributed by atoms with Crippen LogP contribution in [-0.2, 0) is 6.54 Å². The van der Waals surface area contributed by atoms with Gasteiger partial charge in [-0.25, -0.2) is 4.79 Å². The smallest absolute Gasteiger partial charge is 0.296 e. The monoisotopic (exact) mass is 316 g/mol. The molecule has 0 saturated heterocycles. The molecule has 0 unspecified atom stereocenters. The van der Waals surface area contributed by atoms with E-state index in [1.807, 2.05) is 24.3 Å². The second-order valence-electron chi connectivity index (χ2n) is 6.00. The van der Waals surface area contributed by atoms with E-state index in [0.29, 0.717) is 12.1 Å². The minimum atomic E-state index is -0.386. The van der Waals surface area contributed by atoms with Gasteiger partial charge in [0.2, 0.25) is 0 Å². The molecular formula is C20H16N2O2. The number of rotatable bonds is 2. The first-order valence-corrected chi connectivity index (χ1v) is 7.83. The Morgan fingerprint density at radius 1 is 0.917 bits per heavy atom. The van der Waals surface area contributed by atoms with Gasteiger partial charge < -0.3 is 0 Å². The van der Waals surface area contributed by atoms with Crippen molar-refractivity contribution in [2.45, 2.75) is 13.5 Å². The number of hydrogen-bond donors (Lipinski definition) is 1. The predicted octanol–water partition coefficient (Wildman–Crippen LogP) is 3.20. The van der Waals surface area contributed by atoms with Crippen LogP contribution in [0.25, 0.3) is 21.5 Å². The van der Waals surface area contributed by atoms with Crippen LogP contribution in [0.1, 0.15) is 11.1 Å². The van der Waals surface area contributed by atoms with E-state index in [2.05, 4.69) is 35.3 Å². The van der Waals surface area contributed by atoms with Crippen molar-refractivity contribution in [2.75, 3.05) is 0 Å². The summed E-state index contributed by atoms with van der Waals surface area (Å²) in [6.45, 7) is 2.12. The van der Waals surface area contributed by atoms with Gasteiger partial charge in [-0.2, -0.15) is 0 Å². The number of nitrogens with zero attached hydrogens (tertiary/aromatic N) is 1. The molecule has 0 aliphatic heterocycles. The van der Waals surface area contributed by atoms with Crippen LogP contribution in [0.5, 0.6) is 0 Å². The molecule has 4 rings (SSSR count). The van der Waals surface area contributed by atoms with Gasteiger partial charge in [0.1, 0.15) is 0 Å². The highest BCUT2D eigenvalue weighted by Gasteiger charge is 2.09. The average molecular weight is 316 g/mol. The summed E-state index contributed by atoms with van der Waals surface area (Å²) < 4.78 is 1.56. The van der Waals surface area contributed by atoms with Crippen LogP contribution in [0.15, 0.2) is 70.4 Å². The molecule has 0 aliphatic carbocycles. The zero-order valence-electron chi connectivity index (χ0n) is 13.2. The molecule has 0 fully saturated rings. The number of aromatic nitrogens is 2. The van der Waals surface area contributed by atoms with Crippen molar-refractivity contribution in [2.24, 2.45) is 0 Å². The molecule has 0 atom stereocenters. The first kappa shape index (κ1) is 14.5. The fourth-order valence-electron chi connectivity index (χ4n) is 3.18. The van der Waals surface area contributed by atoms with Crippen molar-refractivity contribution >= 4 is 21.5 Å². The van der Waals surface area contributed by atoms with Gasteiger partial charge >= 0.3 is 5.69 Å². The minimum Gasteiger partial charge on any atom is -0.296 e. The Kier molecular flexibility index (Phi) is 3.31. The van der Waals surface area contributed by atoms with E-state index in [-0.39, 0.29) is 11.2 Å². The Morgan fingerprint density at radius 3 is 2.12 bits per heavy atom. The van der Waals surface area contributed by atoms with E-state index in [1.54, 1.807) is 17.7 Å². The number of aromatic amines is 1. The zero-order chi connectivity index (χ0) is 16.7. The molecule has 0 saturated carbocycles. The lowest BCUT2D eigenvalue weighted by Gasteiger charge is -2.13. The van der Waals surface area contributed by atoms with Gasteiger partial charge in [-0.3, -0.25) is 14.3 Å². The summed E-state index contributed by atoms with van der Waals surface area (Å²) >= 11 is 0. The van der Waals surface area contributed by atoms with Crippen LogP contribution in [-0.4, -0.2) is 9.55 Å². The molecule has 4 heteroatoms. The van der Waals surface area contributed by atoms with E-state index >= 15 is 0 Å². The molecule has 0 aliphatic rings. The van der Waals surface area contributed by atoms with Crippen molar-refractivity contribution in [1.82, 2.24) is 9.55 Å². The maximum Gasteiger partial charge on any atom is 0.328 e. The molecule has 0 bridgehead atoms. The molecule has 4 nitrogen and oxygen atoms in total. The molecule has 4 aromatic rings. The minimum absolute atomic E-state index is 0.334. The van der Waals surface area contributed by atoms with Crippen LogP contribution in [0.4, 0.5) is 0 Å². The third kappa shape index (κ3) is 2.33. The van der Waals surface area contributed by atoms with E-state index in [1.165, 1.54) is 0 Å². The van der Waals surface area contributed by atoms with Gasteiger partial charge in [0, 0.05) is 11.8 Å². The topological polar surface area (TPSA) is 54.9 Å². The normalized spacial score (nSPS) is 11.2. The maximum absolute atomic E-state index is 12.2. The fraction of sp³-hybridized carbons (Fsp3) is 0.100. The second kappa shape index (κ2) is 5.49. The number of H-pyrrole nitrogens is 1. The van der Waals surface area contributed by atoms with E-state index in [9.17, 15) is 9.59 Å². The molecule has 1 heterocycles. The van der Waals surface area contributed by atoms with Gasteiger partial charge in [0.05, 0.1) is 6.54 Å². The summed E-state index contributed by atoms with van der Waals surface area (Å²) in [5.41, 5.74) is 0.887. The molecule has 24 heavy (non-hydrogen) atoms. The quantitative estimate of drug-likeness (QED) is 0.577. The molecule has 0 spiro atoms. The van der Waals surface area contributed by atoms with Crippen molar-refractivity contribution < 1.29 is 0 Å². The molecule has 1 N–H and O–H groups in total. The van der Waals surface area contributed by atoms with Gasteiger partial charge in [-0.15, -0.1) is 0 Å². The molecule has 0 amide bonds. The lowest BCUT2D eigenvalue weighted by Crippen LogP contribution is -2.31. The maximum atomic E-state index is 12.2. The summed E-state index contributed by atoms with van der Waals surface area (Å²) in [6.07, 6.45) is 1.62. The Morgan fingerprint density at radius 2 is 1.50 bits per heavy atom. The highest BCUT2D eigenvalue weighted by Crippen LogP contribution is 2.28. The van der Waals surface area contributed by atoms with Gasteiger partial charge in [0.25, 0.3) is 5.56 Å². The molecule has 118 valence electrons. The van der Waals surface area contributed by atoms with Crippen LogP contribution in [0.2, 0.25) is 0 Å². The zero-order valence-corrected chi connectivity index (χ0v) is 13.2. The molecule has 0 radical (unpaired) electrons. The molecule has 1 aromatic heterocycles. The number of aryl methyl sites for hydroxylation is 1. The SMILES string of the molecule is Cc1cn(Cc2c3ccccc3cc3ccccc23)c(=O)[nH]c1=O. The summed E-state index contributed by atoms with van der Waals surface area (Å²) in [4.78, 5) is 26.2. The summed E-state index contributed by atoms with van der Waals surface area (Å²) in [6, 6.07) is 18.5. The Labute approximate surface area is 138 Å². The first-order valence-electron chi connectivity index (χ1n) is 7.83. The number of hydrogen-bond acceptors (Lipinski definition) is 2. The van der Waals surface area contributed by atoms with E-state index < -0.39 is 0 Å². The van der Waals surface area contributed by atoms with Gasteiger partial charge in [-0.1, -0.05) is 48.5 Å². The lowest BCUT2D eigenvalue weighted by molar-refractivity contribution is 0.720. The van der Waals surface area contributed by atoms with Gasteiger partial charge in [-0.05, 0) is 40.1 Å². The van der Waals surface area contributed by atoms with Crippen LogP contribution in [0, 0.1) is 6.92 Å². The van der Waals surface area contributed by atoms with Crippen molar-refractivity contribution in [3.8, 4) is 0 Å². The van der Waals surface area contributed by atoms with E-state index in [0.717, 1.165) is 27.1 Å². The number of nitrogens with one attached hydrogen (secondary N) is 1. The first-order chi connectivity index (χ1) is 11.6. The highest BCUT2D eigenvalue weighted by molar-refractivity contribution is 6.02. The summed E-state index contributed by atoms with van der Waals surface area (Å²) in [5, 5.41) is 4.51. The Balaban J connectivity index is 2.02. The second-order valence-corrected chi connectivity index (χ2v) is 6.00. The van der Waals surface area contributed by atoms with Crippen LogP contribution < -0.4 is 11.2 Å². The molecule has 3 aromatic carbocycles. The summed E-state index contributed by atoms with van der Waals surface area (Å²) in [5.74, 6) is 0. The molecular weight excluding hydrogens is 300 g/mol. The Bertz CT molecular complexity index is 1130. The van der Waals surface area contributed by atoms with Crippen LogP contribution >= 0.6 is 0 Å². The van der Waals surface area contributed by atoms with Crippen LogP contribution in [0.3, 0.4) is 0 Å². The lowest BCUT2D eigenvalue weighted by atomic mass is 9.96. The van der Waals surface area contributed by atoms with Crippen molar-refractivity contribution in [3.05, 3.63) is 92.8 Å². The van der Waals surface area contributed by atoms with Gasteiger partial charge in [0.15, 0.2) is 0 Å². The standard InChI is InChI=1S/C20H16N2O2/c1-13-11-22(20(24)21-19(13)23)12-18-16-8-4-2-6-14(16)10-15-7-3-5-9-17(15)18/h2-11H,12H2,1H3,(H,21,23,24). The van der Waals surface area contributed by atoms with Crippen molar-refractivity contribution in [3.63, 3.8) is 0 Å².